The van der Waals surface area contributed by atoms with Crippen LogP contribution in [-0.2, 0) is 9.53 Å². The second kappa shape index (κ2) is 10.2. The lowest BCUT2D eigenvalue weighted by Gasteiger charge is -2.30. The molecule has 0 spiro atoms. The lowest BCUT2D eigenvalue weighted by molar-refractivity contribution is -0.148. The van der Waals surface area contributed by atoms with Gasteiger partial charge in [-0.2, -0.15) is 0 Å². The lowest BCUT2D eigenvalue weighted by Crippen LogP contribution is -2.43. The van der Waals surface area contributed by atoms with Crippen LogP contribution < -0.4 is 0 Å². The minimum absolute atomic E-state index is 0.0713. The van der Waals surface area contributed by atoms with Gasteiger partial charge in [-0.1, -0.05) is 44.4 Å². The van der Waals surface area contributed by atoms with E-state index in [0.717, 1.165) is 24.8 Å². The summed E-state index contributed by atoms with van der Waals surface area (Å²) in [5.74, 6) is -0.153. The highest BCUT2D eigenvalue weighted by Gasteiger charge is 2.41. The summed E-state index contributed by atoms with van der Waals surface area (Å²) >= 11 is 0. The van der Waals surface area contributed by atoms with Gasteiger partial charge in [0.2, 0.25) is 0 Å². The highest BCUT2D eigenvalue weighted by molar-refractivity contribution is 5.76. The van der Waals surface area contributed by atoms with Crippen molar-refractivity contribution in [3.8, 4) is 0 Å². The fourth-order valence-electron chi connectivity index (χ4n) is 2.13. The van der Waals surface area contributed by atoms with Gasteiger partial charge in [0.25, 0.3) is 0 Å². The normalized spacial score (nSPS) is 20.5. The molecule has 1 saturated heterocycles. The van der Waals surface area contributed by atoms with E-state index in [1.54, 1.807) is 18.2 Å². The average Bonchev–Trinajstić information content (AvgIpc) is 2.77. The van der Waals surface area contributed by atoms with Crippen molar-refractivity contribution < 1.29 is 9.53 Å². The van der Waals surface area contributed by atoms with E-state index in [0.29, 0.717) is 0 Å². The zero-order valence-electron chi connectivity index (χ0n) is 14.6. The molecule has 3 nitrogen and oxygen atoms in total. The molecule has 0 N–H and O–H groups in total. The van der Waals surface area contributed by atoms with Crippen LogP contribution in [0.15, 0.2) is 49.6 Å². The van der Waals surface area contributed by atoms with E-state index >= 15 is 0 Å². The van der Waals surface area contributed by atoms with E-state index in [-0.39, 0.29) is 24.2 Å². The highest BCUT2D eigenvalue weighted by atomic mass is 16.5. The number of hydrogen-bond donors (Lipinski definition) is 0. The molecule has 124 valence electrons. The van der Waals surface area contributed by atoms with Crippen molar-refractivity contribution in [2.45, 2.75) is 51.6 Å². The molecular formula is C19H31NO2. The lowest BCUT2D eigenvalue weighted by atomic mass is 10.0. The van der Waals surface area contributed by atoms with Gasteiger partial charge in [0.05, 0.1) is 0 Å². The Morgan fingerprint density at radius 3 is 2.32 bits per heavy atom. The Labute approximate surface area is 136 Å². The van der Waals surface area contributed by atoms with Crippen molar-refractivity contribution in [3.05, 3.63) is 49.6 Å². The van der Waals surface area contributed by atoms with E-state index in [1.807, 2.05) is 13.1 Å². The number of rotatable bonds is 6. The molecule has 1 rings (SSSR count). The molecule has 22 heavy (non-hydrogen) atoms. The Morgan fingerprint density at radius 1 is 1.36 bits per heavy atom. The maximum atomic E-state index is 12.0. The number of likely N-dealkylation sites (N-methyl/N-ethyl adjacent to an activating group) is 1. The number of carbonyl (C=O) groups excluding carboxylic acids is 1. The number of esters is 1. The van der Waals surface area contributed by atoms with Crippen LogP contribution in [0.1, 0.15) is 40.0 Å². The first-order valence-electron chi connectivity index (χ1n) is 7.78. The first-order chi connectivity index (χ1) is 10.3. The molecule has 1 aliphatic rings. The van der Waals surface area contributed by atoms with Crippen LogP contribution in [-0.4, -0.2) is 36.1 Å². The molecular weight excluding hydrogens is 274 g/mol. The molecule has 0 aromatic rings. The third kappa shape index (κ3) is 6.44. The van der Waals surface area contributed by atoms with Crippen LogP contribution in [0.4, 0.5) is 0 Å². The van der Waals surface area contributed by atoms with Gasteiger partial charge in [-0.15, -0.1) is 6.58 Å². The van der Waals surface area contributed by atoms with Crippen LogP contribution in [0.5, 0.6) is 0 Å². The topological polar surface area (TPSA) is 29.5 Å². The Kier molecular flexibility index (Phi) is 9.43. The Morgan fingerprint density at radius 2 is 1.95 bits per heavy atom. The van der Waals surface area contributed by atoms with Crippen LogP contribution >= 0.6 is 0 Å². The van der Waals surface area contributed by atoms with E-state index < -0.39 is 0 Å². The maximum absolute atomic E-state index is 12.0. The molecule has 3 heteroatoms. The van der Waals surface area contributed by atoms with E-state index in [1.165, 1.54) is 0 Å². The largest absolute Gasteiger partial charge is 0.460 e. The van der Waals surface area contributed by atoms with E-state index in [4.69, 9.17) is 4.74 Å². The van der Waals surface area contributed by atoms with Gasteiger partial charge in [0, 0.05) is 5.54 Å². The predicted molar refractivity (Wildman–Crippen MR) is 94.8 cm³/mol. The molecule has 0 aromatic carbocycles. The van der Waals surface area contributed by atoms with Gasteiger partial charge in [-0.3, -0.25) is 9.69 Å². The van der Waals surface area contributed by atoms with Crippen LogP contribution in [0.2, 0.25) is 0 Å². The monoisotopic (exact) mass is 305 g/mol. The number of allylic oxidation sites excluding steroid dienone is 3. The minimum atomic E-state index is -0.153. The Balaban J connectivity index is 0.000000980. The van der Waals surface area contributed by atoms with Gasteiger partial charge in [-0.05, 0) is 45.7 Å². The zero-order chi connectivity index (χ0) is 17.2. The molecule has 1 atom stereocenters. The first kappa shape index (κ1) is 20.4. The molecule has 1 unspecified atom stereocenters. The molecule has 0 aromatic heterocycles. The Bertz CT molecular complexity index is 421. The third-order valence-electron chi connectivity index (χ3n) is 3.99. The van der Waals surface area contributed by atoms with Crippen molar-refractivity contribution >= 4 is 5.97 Å². The van der Waals surface area contributed by atoms with Crippen molar-refractivity contribution in [2.24, 2.45) is 0 Å². The summed E-state index contributed by atoms with van der Waals surface area (Å²) in [7, 11) is 1.98. The summed E-state index contributed by atoms with van der Waals surface area (Å²) in [6, 6.07) is -0.130. The second-order valence-corrected chi connectivity index (χ2v) is 5.96. The number of ether oxygens (including phenoxy) is 1. The predicted octanol–water partition coefficient (Wildman–Crippen LogP) is 4.28. The number of likely N-dealkylation sites (tertiary alicyclic amines) is 1. The summed E-state index contributed by atoms with van der Waals surface area (Å²) < 4.78 is 5.33. The smallest absolute Gasteiger partial charge is 0.323 e. The molecule has 1 fully saturated rings. The Hall–Kier alpha value is -1.61. The summed E-state index contributed by atoms with van der Waals surface area (Å²) in [4.78, 5) is 14.1. The standard InChI is InChI=1S/C15H23NO2.C4H8/c1-6-8-12(7-2)11-18-14(17)13-9-10-15(3,4)16(13)5;1-3-4-2/h6-8,13H,1-2,9-11H2,3-5H3;3H,1,4H2,2H3/b12-8+;. The molecule has 1 heterocycles. The highest BCUT2D eigenvalue weighted by Crippen LogP contribution is 2.32. The van der Waals surface area contributed by atoms with Crippen molar-refractivity contribution in [1.29, 1.82) is 0 Å². The number of hydrogen-bond acceptors (Lipinski definition) is 3. The molecule has 0 amide bonds. The summed E-state index contributed by atoms with van der Waals surface area (Å²) in [6.45, 7) is 17.4. The van der Waals surface area contributed by atoms with Crippen molar-refractivity contribution in [1.82, 2.24) is 4.90 Å². The third-order valence-corrected chi connectivity index (χ3v) is 3.99. The maximum Gasteiger partial charge on any atom is 0.323 e. The molecule has 1 aliphatic heterocycles. The van der Waals surface area contributed by atoms with E-state index in [9.17, 15) is 4.79 Å². The van der Waals surface area contributed by atoms with Gasteiger partial charge in [0.1, 0.15) is 12.6 Å². The fraction of sp³-hybridized carbons (Fsp3) is 0.526. The van der Waals surface area contributed by atoms with Crippen LogP contribution in [0, 0.1) is 0 Å². The van der Waals surface area contributed by atoms with Gasteiger partial charge in [0.15, 0.2) is 0 Å². The van der Waals surface area contributed by atoms with Gasteiger partial charge in [-0.25, -0.2) is 0 Å². The van der Waals surface area contributed by atoms with Gasteiger partial charge >= 0.3 is 5.97 Å². The summed E-state index contributed by atoms with van der Waals surface area (Å²) in [5, 5.41) is 0. The summed E-state index contributed by atoms with van der Waals surface area (Å²) in [6.07, 6.45) is 9.96. The molecule has 0 aliphatic carbocycles. The van der Waals surface area contributed by atoms with Crippen LogP contribution in [0.3, 0.4) is 0 Å². The molecule has 0 saturated carbocycles. The molecule has 0 radical (unpaired) electrons. The number of carbonyl (C=O) groups is 1. The fourth-order valence-corrected chi connectivity index (χ4v) is 2.13. The van der Waals surface area contributed by atoms with Gasteiger partial charge < -0.3 is 4.74 Å². The summed E-state index contributed by atoms with van der Waals surface area (Å²) in [5.41, 5.74) is 0.931. The second-order valence-electron chi connectivity index (χ2n) is 5.96. The van der Waals surface area contributed by atoms with Crippen LogP contribution in [0.25, 0.3) is 0 Å². The van der Waals surface area contributed by atoms with Crippen molar-refractivity contribution in [2.75, 3.05) is 13.7 Å². The quantitative estimate of drug-likeness (QED) is 0.417. The SMILES string of the molecule is C=C/C=C(\C=C)COC(=O)C1CCC(C)(C)N1C.C=CCC. The zero-order valence-corrected chi connectivity index (χ0v) is 14.6. The minimum Gasteiger partial charge on any atom is -0.460 e. The average molecular weight is 305 g/mol. The van der Waals surface area contributed by atoms with E-state index in [2.05, 4.69) is 45.4 Å². The first-order valence-corrected chi connectivity index (χ1v) is 7.78. The molecule has 0 bridgehead atoms. The van der Waals surface area contributed by atoms with Crippen molar-refractivity contribution in [3.63, 3.8) is 0 Å². The number of nitrogens with zero attached hydrogens (tertiary/aromatic N) is 1.